The van der Waals surface area contributed by atoms with Crippen LogP contribution in [-0.2, 0) is 6.54 Å². The van der Waals surface area contributed by atoms with Crippen LogP contribution in [0.2, 0.25) is 0 Å². The minimum atomic E-state index is 0.586. The molecule has 1 saturated carbocycles. The van der Waals surface area contributed by atoms with Gasteiger partial charge in [0.2, 0.25) is 0 Å². The molecule has 0 amide bonds. The monoisotopic (exact) mass is 178 g/mol. The summed E-state index contributed by atoms with van der Waals surface area (Å²) < 4.78 is 5.25. The van der Waals surface area contributed by atoms with Gasteiger partial charge in [0.15, 0.2) is 0 Å². The van der Waals surface area contributed by atoms with Crippen molar-refractivity contribution in [3.05, 3.63) is 24.2 Å². The molecule has 1 heterocycles. The molecule has 1 fully saturated rings. The highest BCUT2D eigenvalue weighted by Gasteiger charge is 2.29. The van der Waals surface area contributed by atoms with Crippen LogP contribution in [0.1, 0.15) is 25.5 Å². The van der Waals surface area contributed by atoms with Crippen LogP contribution in [0.4, 0.5) is 0 Å². The Labute approximate surface area is 77.9 Å². The Morgan fingerprint density at radius 2 is 2.46 bits per heavy atom. The second-order valence-corrected chi connectivity index (χ2v) is 3.52. The van der Waals surface area contributed by atoms with Crippen LogP contribution in [0.3, 0.4) is 0 Å². The maximum atomic E-state index is 7.61. The van der Waals surface area contributed by atoms with Crippen LogP contribution in [0, 0.1) is 5.41 Å². The molecular formula is C10H14N2O. The second-order valence-electron chi connectivity index (χ2n) is 3.52. The first-order valence-corrected chi connectivity index (χ1v) is 4.61. The Hall–Kier alpha value is -1.25. The van der Waals surface area contributed by atoms with Gasteiger partial charge < -0.3 is 9.32 Å². The molecule has 13 heavy (non-hydrogen) atoms. The molecule has 2 rings (SSSR count). The van der Waals surface area contributed by atoms with Crippen molar-refractivity contribution in [3.63, 3.8) is 0 Å². The Morgan fingerprint density at radius 1 is 1.69 bits per heavy atom. The molecule has 0 unspecified atom stereocenters. The fourth-order valence-electron chi connectivity index (χ4n) is 1.48. The molecule has 1 aliphatic carbocycles. The molecule has 0 aromatic carbocycles. The van der Waals surface area contributed by atoms with Crippen LogP contribution in [0.5, 0.6) is 0 Å². The summed E-state index contributed by atoms with van der Waals surface area (Å²) in [5, 5.41) is 7.61. The van der Waals surface area contributed by atoms with Gasteiger partial charge in [-0.05, 0) is 31.9 Å². The van der Waals surface area contributed by atoms with Gasteiger partial charge in [0.05, 0.1) is 18.6 Å². The maximum absolute atomic E-state index is 7.61. The molecule has 1 aromatic rings. The number of rotatable bonds is 3. The zero-order chi connectivity index (χ0) is 9.26. The van der Waals surface area contributed by atoms with Crippen molar-refractivity contribution in [1.82, 2.24) is 4.90 Å². The van der Waals surface area contributed by atoms with Crippen molar-refractivity contribution >= 4 is 5.84 Å². The lowest BCUT2D eigenvalue weighted by atomic mass is 10.3. The highest BCUT2D eigenvalue weighted by atomic mass is 16.3. The Balaban J connectivity index is 2.01. The zero-order valence-corrected chi connectivity index (χ0v) is 7.79. The predicted octanol–water partition coefficient (Wildman–Crippen LogP) is 2.24. The van der Waals surface area contributed by atoms with Crippen molar-refractivity contribution in [2.24, 2.45) is 0 Å². The topological polar surface area (TPSA) is 40.2 Å². The lowest BCUT2D eigenvalue weighted by Gasteiger charge is -2.21. The minimum absolute atomic E-state index is 0.586. The van der Waals surface area contributed by atoms with E-state index in [2.05, 4.69) is 4.90 Å². The summed E-state index contributed by atoms with van der Waals surface area (Å²) >= 11 is 0. The van der Waals surface area contributed by atoms with Gasteiger partial charge in [-0.3, -0.25) is 5.41 Å². The van der Waals surface area contributed by atoms with Gasteiger partial charge in [-0.15, -0.1) is 0 Å². The maximum Gasteiger partial charge on any atom is 0.123 e. The first kappa shape index (κ1) is 8.35. The van der Waals surface area contributed by atoms with Gasteiger partial charge >= 0.3 is 0 Å². The summed E-state index contributed by atoms with van der Waals surface area (Å²) in [6.07, 6.45) is 4.12. The third kappa shape index (κ3) is 1.91. The number of amidine groups is 1. The fraction of sp³-hybridized carbons (Fsp3) is 0.500. The lowest BCUT2D eigenvalue weighted by molar-refractivity contribution is 0.350. The third-order valence-corrected chi connectivity index (χ3v) is 2.32. The molecule has 3 nitrogen and oxygen atoms in total. The molecule has 70 valence electrons. The summed E-state index contributed by atoms with van der Waals surface area (Å²) in [7, 11) is 0. The molecule has 1 aliphatic rings. The quantitative estimate of drug-likeness (QED) is 0.569. The molecular weight excluding hydrogens is 164 g/mol. The largest absolute Gasteiger partial charge is 0.467 e. The summed E-state index contributed by atoms with van der Waals surface area (Å²) in [5.41, 5.74) is 0. The van der Waals surface area contributed by atoms with E-state index in [-0.39, 0.29) is 0 Å². The van der Waals surface area contributed by atoms with Crippen molar-refractivity contribution in [1.29, 1.82) is 5.41 Å². The first-order chi connectivity index (χ1) is 6.27. The average Bonchev–Trinajstić information content (AvgIpc) is 2.79. The van der Waals surface area contributed by atoms with Gasteiger partial charge in [-0.25, -0.2) is 0 Å². The van der Waals surface area contributed by atoms with Crippen LogP contribution in [0.15, 0.2) is 22.8 Å². The molecule has 0 spiro atoms. The third-order valence-electron chi connectivity index (χ3n) is 2.32. The zero-order valence-electron chi connectivity index (χ0n) is 7.79. The highest BCUT2D eigenvalue weighted by Crippen LogP contribution is 2.28. The number of nitrogens with zero attached hydrogens (tertiary/aromatic N) is 1. The van der Waals surface area contributed by atoms with Crippen LogP contribution in [0.25, 0.3) is 0 Å². The number of hydrogen-bond acceptors (Lipinski definition) is 2. The van der Waals surface area contributed by atoms with E-state index in [1.165, 1.54) is 12.8 Å². The minimum Gasteiger partial charge on any atom is -0.467 e. The van der Waals surface area contributed by atoms with Crippen molar-refractivity contribution in [3.8, 4) is 0 Å². The summed E-state index contributed by atoms with van der Waals surface area (Å²) in [5.74, 6) is 1.58. The molecule has 0 radical (unpaired) electrons. The Kier molecular flexibility index (Phi) is 2.08. The van der Waals surface area contributed by atoms with E-state index in [1.54, 1.807) is 6.26 Å². The molecule has 0 saturated heterocycles. The number of nitrogens with one attached hydrogen (secondary N) is 1. The van der Waals surface area contributed by atoms with Crippen molar-refractivity contribution in [2.75, 3.05) is 0 Å². The molecule has 0 atom stereocenters. The number of hydrogen-bond donors (Lipinski definition) is 1. The van der Waals surface area contributed by atoms with Gasteiger partial charge in [-0.2, -0.15) is 0 Å². The standard InChI is InChI=1S/C10H14N2O/c1-8(11)12(9-4-5-9)7-10-3-2-6-13-10/h2-3,6,9,11H,4-5,7H2,1H3. The van der Waals surface area contributed by atoms with Gasteiger partial charge in [-0.1, -0.05) is 0 Å². The predicted molar refractivity (Wildman–Crippen MR) is 50.7 cm³/mol. The van der Waals surface area contributed by atoms with Gasteiger partial charge in [0.1, 0.15) is 5.76 Å². The second kappa shape index (κ2) is 3.24. The van der Waals surface area contributed by atoms with E-state index >= 15 is 0 Å². The average molecular weight is 178 g/mol. The van der Waals surface area contributed by atoms with E-state index in [4.69, 9.17) is 9.83 Å². The van der Waals surface area contributed by atoms with Crippen LogP contribution >= 0.6 is 0 Å². The van der Waals surface area contributed by atoms with Gasteiger partial charge in [0, 0.05) is 6.04 Å². The smallest absolute Gasteiger partial charge is 0.123 e. The van der Waals surface area contributed by atoms with Crippen LogP contribution < -0.4 is 0 Å². The molecule has 1 aromatic heterocycles. The van der Waals surface area contributed by atoms with E-state index in [0.717, 1.165) is 12.3 Å². The highest BCUT2D eigenvalue weighted by molar-refractivity contribution is 5.76. The van der Waals surface area contributed by atoms with Crippen LogP contribution in [-0.4, -0.2) is 16.8 Å². The van der Waals surface area contributed by atoms with Crippen molar-refractivity contribution < 1.29 is 4.42 Å². The molecule has 1 N–H and O–H groups in total. The lowest BCUT2D eigenvalue weighted by Crippen LogP contribution is -2.29. The number of furan rings is 1. The summed E-state index contributed by atoms with van der Waals surface area (Å²) in [4.78, 5) is 2.10. The van der Waals surface area contributed by atoms with E-state index in [9.17, 15) is 0 Å². The van der Waals surface area contributed by atoms with E-state index in [1.807, 2.05) is 19.1 Å². The summed E-state index contributed by atoms with van der Waals surface area (Å²) in [6.45, 7) is 2.58. The normalized spacial score (nSPS) is 15.8. The SMILES string of the molecule is CC(=N)N(Cc1ccco1)C1CC1. The van der Waals surface area contributed by atoms with E-state index in [0.29, 0.717) is 11.9 Å². The Bertz CT molecular complexity index is 288. The molecule has 0 bridgehead atoms. The van der Waals surface area contributed by atoms with Crippen molar-refractivity contribution in [2.45, 2.75) is 32.4 Å². The Morgan fingerprint density at radius 3 is 2.92 bits per heavy atom. The summed E-state index contributed by atoms with van der Waals surface area (Å²) in [6, 6.07) is 4.43. The first-order valence-electron chi connectivity index (χ1n) is 4.61. The molecule has 0 aliphatic heterocycles. The van der Waals surface area contributed by atoms with E-state index < -0.39 is 0 Å². The van der Waals surface area contributed by atoms with Gasteiger partial charge in [0.25, 0.3) is 0 Å². The molecule has 3 heteroatoms. The fourth-order valence-corrected chi connectivity index (χ4v) is 1.48.